The molecular weight excluding hydrogens is 336 g/mol. The summed E-state index contributed by atoms with van der Waals surface area (Å²) in [6.45, 7) is 5.24. The van der Waals surface area contributed by atoms with Crippen molar-refractivity contribution in [3.05, 3.63) is 0 Å². The van der Waals surface area contributed by atoms with Crippen LogP contribution in [0.1, 0.15) is 20.8 Å². The highest BCUT2D eigenvalue weighted by molar-refractivity contribution is 4.82. The van der Waals surface area contributed by atoms with Gasteiger partial charge in [0.25, 0.3) is 0 Å². The van der Waals surface area contributed by atoms with E-state index in [9.17, 15) is 20.4 Å². The van der Waals surface area contributed by atoms with Crippen LogP contribution in [0.4, 0.5) is 0 Å². The summed E-state index contributed by atoms with van der Waals surface area (Å²) in [6, 6.07) is 0. The summed E-state index contributed by atoms with van der Waals surface area (Å²) in [5.74, 6) is -0.593. The third-order valence-corrected chi connectivity index (χ3v) is 4.58. The first-order valence-corrected chi connectivity index (χ1v) is 8.39. The Morgan fingerprint density at radius 1 is 1.08 bits per heavy atom. The van der Waals surface area contributed by atoms with Crippen LogP contribution in [0.3, 0.4) is 0 Å². The van der Waals surface area contributed by atoms with Gasteiger partial charge < -0.3 is 44.1 Å². The molecule has 9 heteroatoms. The Labute approximate surface area is 148 Å². The Morgan fingerprint density at radius 3 is 2.12 bits per heavy atom. The zero-order valence-electron chi connectivity index (χ0n) is 15.4. The minimum atomic E-state index is -1.46. The van der Waals surface area contributed by atoms with Crippen molar-refractivity contribution in [3.8, 4) is 0 Å². The molecule has 0 aromatic carbocycles. The highest BCUT2D eigenvalue weighted by Gasteiger charge is 2.38. The zero-order chi connectivity index (χ0) is 19.1. The van der Waals surface area contributed by atoms with Gasteiger partial charge >= 0.3 is 0 Å². The molecule has 9 nitrogen and oxygen atoms in total. The molecule has 1 aliphatic heterocycles. The predicted octanol–water partition coefficient (Wildman–Crippen LogP) is -1.15. The van der Waals surface area contributed by atoms with E-state index in [1.54, 1.807) is 13.8 Å². The summed E-state index contributed by atoms with van der Waals surface area (Å²) in [5, 5.41) is 39.9. The van der Waals surface area contributed by atoms with E-state index in [-0.39, 0.29) is 18.8 Å². The third-order valence-electron chi connectivity index (χ3n) is 4.58. The number of methoxy groups -OCH3 is 2. The molecule has 0 aliphatic carbocycles. The Hall–Kier alpha value is -0.360. The van der Waals surface area contributed by atoms with E-state index >= 15 is 0 Å². The van der Waals surface area contributed by atoms with Crippen LogP contribution in [-0.2, 0) is 23.7 Å². The zero-order valence-corrected chi connectivity index (χ0v) is 15.4. The van der Waals surface area contributed by atoms with Crippen molar-refractivity contribution in [1.82, 2.24) is 0 Å². The quantitative estimate of drug-likeness (QED) is 0.316. The lowest BCUT2D eigenvalue weighted by Gasteiger charge is -2.38. The molecule has 1 aliphatic rings. The van der Waals surface area contributed by atoms with Gasteiger partial charge in [0.2, 0.25) is 0 Å². The van der Waals surface area contributed by atoms with E-state index in [2.05, 4.69) is 0 Å². The third kappa shape index (κ3) is 6.09. The molecule has 1 rings (SSSR count). The van der Waals surface area contributed by atoms with Gasteiger partial charge in [0.05, 0.1) is 31.5 Å². The molecule has 6 unspecified atom stereocenters. The van der Waals surface area contributed by atoms with E-state index in [1.807, 2.05) is 6.92 Å². The molecule has 1 heterocycles. The molecule has 0 spiro atoms. The van der Waals surface area contributed by atoms with Gasteiger partial charge in [-0.05, 0) is 13.8 Å². The highest BCUT2D eigenvalue weighted by Crippen LogP contribution is 2.22. The van der Waals surface area contributed by atoms with Gasteiger partial charge in [0, 0.05) is 20.1 Å². The average Bonchev–Trinajstić information content (AvgIpc) is 2.61. The van der Waals surface area contributed by atoms with Gasteiger partial charge in [0.1, 0.15) is 18.3 Å². The average molecular weight is 368 g/mol. The minimum absolute atomic E-state index is 0.0504. The molecule has 0 aromatic rings. The number of rotatable bonds is 12. The summed E-state index contributed by atoms with van der Waals surface area (Å²) in [4.78, 5) is 0. The summed E-state index contributed by atoms with van der Waals surface area (Å²) < 4.78 is 26.2. The number of aliphatic hydroxyl groups is 4. The first-order chi connectivity index (χ1) is 11.8. The monoisotopic (exact) mass is 368 g/mol. The van der Waals surface area contributed by atoms with Crippen LogP contribution in [0.15, 0.2) is 0 Å². The van der Waals surface area contributed by atoms with Crippen LogP contribution in [0.25, 0.3) is 0 Å². The first kappa shape index (κ1) is 22.7. The van der Waals surface area contributed by atoms with E-state index in [0.717, 1.165) is 0 Å². The summed E-state index contributed by atoms with van der Waals surface area (Å²) in [7, 11) is 2.68. The Bertz CT molecular complexity index is 366. The normalized spacial score (nSPS) is 29.2. The first-order valence-electron chi connectivity index (χ1n) is 8.39. The van der Waals surface area contributed by atoms with E-state index in [4.69, 9.17) is 23.7 Å². The van der Waals surface area contributed by atoms with Crippen molar-refractivity contribution < 1.29 is 44.1 Å². The summed E-state index contributed by atoms with van der Waals surface area (Å²) >= 11 is 0. The van der Waals surface area contributed by atoms with Crippen molar-refractivity contribution >= 4 is 0 Å². The van der Waals surface area contributed by atoms with E-state index < -0.39 is 42.9 Å². The molecule has 0 radical (unpaired) electrons. The molecule has 1 saturated heterocycles. The maximum Gasteiger partial charge on any atom is 0.188 e. The second-order valence-corrected chi connectivity index (χ2v) is 6.35. The molecule has 0 bridgehead atoms. The number of ether oxygens (including phenoxy) is 5. The maximum absolute atomic E-state index is 10.3. The highest BCUT2D eigenvalue weighted by atomic mass is 16.7. The van der Waals surface area contributed by atoms with Crippen LogP contribution in [0, 0.1) is 5.92 Å². The molecule has 1 fully saturated rings. The van der Waals surface area contributed by atoms with Crippen LogP contribution in [0.5, 0.6) is 0 Å². The Balaban J connectivity index is 2.57. The van der Waals surface area contributed by atoms with Gasteiger partial charge in [-0.1, -0.05) is 6.92 Å². The standard InChI is InChI=1S/C16H32O9/c1-8(11(6-17)21-4)13(18)14(19)16(22-5)25-15(20)10(3)24-12-7-23-9(12)2/h8-20H,6-7H2,1-5H3/t8?,9-,10?,11-,12?,13?,14?,15+,16?/m1/s1. The van der Waals surface area contributed by atoms with Crippen LogP contribution in [0.2, 0.25) is 0 Å². The molecule has 0 saturated carbocycles. The Morgan fingerprint density at radius 2 is 1.72 bits per heavy atom. The molecular formula is C16H32O9. The van der Waals surface area contributed by atoms with Gasteiger partial charge in [-0.25, -0.2) is 0 Å². The largest absolute Gasteiger partial charge is 0.394 e. The number of hydrogen-bond donors (Lipinski definition) is 4. The molecule has 9 atom stereocenters. The predicted molar refractivity (Wildman–Crippen MR) is 86.7 cm³/mol. The summed E-state index contributed by atoms with van der Waals surface area (Å²) in [5.41, 5.74) is 0. The van der Waals surface area contributed by atoms with Crippen molar-refractivity contribution in [2.45, 2.75) is 70.0 Å². The lowest BCUT2D eigenvalue weighted by molar-refractivity contribution is -0.305. The number of aliphatic hydroxyl groups excluding tert-OH is 4. The second kappa shape index (κ2) is 10.7. The fraction of sp³-hybridized carbons (Fsp3) is 1.00. The number of hydrogen-bond acceptors (Lipinski definition) is 9. The van der Waals surface area contributed by atoms with Crippen LogP contribution >= 0.6 is 0 Å². The van der Waals surface area contributed by atoms with Crippen molar-refractivity contribution in [3.63, 3.8) is 0 Å². The van der Waals surface area contributed by atoms with Gasteiger partial charge in [-0.15, -0.1) is 0 Å². The van der Waals surface area contributed by atoms with Gasteiger partial charge in [-0.3, -0.25) is 0 Å². The lowest BCUT2D eigenvalue weighted by Crippen LogP contribution is -2.51. The lowest BCUT2D eigenvalue weighted by atomic mass is 9.94. The molecule has 4 N–H and O–H groups in total. The second-order valence-electron chi connectivity index (χ2n) is 6.35. The molecule has 25 heavy (non-hydrogen) atoms. The van der Waals surface area contributed by atoms with Crippen LogP contribution in [-0.4, -0.2) is 97.1 Å². The van der Waals surface area contributed by atoms with E-state index in [1.165, 1.54) is 14.2 Å². The van der Waals surface area contributed by atoms with Crippen LogP contribution < -0.4 is 0 Å². The van der Waals surface area contributed by atoms with Gasteiger partial charge in [-0.2, -0.15) is 0 Å². The van der Waals surface area contributed by atoms with Crippen molar-refractivity contribution in [2.24, 2.45) is 5.92 Å². The van der Waals surface area contributed by atoms with Gasteiger partial charge in [0.15, 0.2) is 12.6 Å². The smallest absolute Gasteiger partial charge is 0.188 e. The summed E-state index contributed by atoms with van der Waals surface area (Å²) in [6.07, 6.45) is -6.94. The topological polar surface area (TPSA) is 127 Å². The van der Waals surface area contributed by atoms with E-state index in [0.29, 0.717) is 6.61 Å². The van der Waals surface area contributed by atoms with Crippen molar-refractivity contribution in [1.29, 1.82) is 0 Å². The SMILES string of the molecule is COC(O[C@H](O)C(C)OC1CO[C@@H]1C)C(O)C(O)C(C)[C@@H](CO)OC. The molecule has 0 aromatic heterocycles. The Kier molecular flexibility index (Phi) is 9.71. The molecule has 150 valence electrons. The minimum Gasteiger partial charge on any atom is -0.394 e. The molecule has 0 amide bonds. The fourth-order valence-electron chi connectivity index (χ4n) is 2.53. The maximum atomic E-state index is 10.3. The fourth-order valence-corrected chi connectivity index (χ4v) is 2.53. The van der Waals surface area contributed by atoms with Crippen molar-refractivity contribution in [2.75, 3.05) is 27.4 Å².